The van der Waals surface area contributed by atoms with Gasteiger partial charge in [0.05, 0.1) is 10.7 Å². The summed E-state index contributed by atoms with van der Waals surface area (Å²) in [6.45, 7) is 4.05. The van der Waals surface area contributed by atoms with Crippen molar-refractivity contribution in [3.8, 4) is 0 Å². The van der Waals surface area contributed by atoms with E-state index in [1.807, 2.05) is 19.1 Å². The molecule has 0 bridgehead atoms. The molecule has 2 N–H and O–H groups in total. The summed E-state index contributed by atoms with van der Waals surface area (Å²) in [5.41, 5.74) is 2.70. The summed E-state index contributed by atoms with van der Waals surface area (Å²) in [5.74, 6) is -0.158. The second-order valence-corrected chi connectivity index (χ2v) is 7.42. The van der Waals surface area contributed by atoms with E-state index in [9.17, 15) is 4.79 Å². The van der Waals surface area contributed by atoms with Crippen LogP contribution in [0.2, 0.25) is 10.0 Å². The SMILES string of the molecule is CC(Nc1ccc(N2CCCCC2)cc1)C(=O)Nc1ccc(Cl)cc1Cl. The molecule has 1 aliphatic heterocycles. The number of piperidine rings is 1. The zero-order valence-corrected chi connectivity index (χ0v) is 16.3. The third-order valence-electron chi connectivity index (χ3n) is 4.55. The van der Waals surface area contributed by atoms with Crippen molar-refractivity contribution in [3.63, 3.8) is 0 Å². The summed E-state index contributed by atoms with van der Waals surface area (Å²) in [6.07, 6.45) is 3.83. The lowest BCUT2D eigenvalue weighted by atomic mass is 10.1. The lowest BCUT2D eigenvalue weighted by molar-refractivity contribution is -0.116. The summed E-state index contributed by atoms with van der Waals surface area (Å²) >= 11 is 12.0. The van der Waals surface area contributed by atoms with Crippen LogP contribution in [-0.4, -0.2) is 25.0 Å². The maximum absolute atomic E-state index is 12.4. The van der Waals surface area contributed by atoms with Gasteiger partial charge in [0.2, 0.25) is 5.91 Å². The van der Waals surface area contributed by atoms with Crippen LogP contribution in [0.15, 0.2) is 42.5 Å². The topological polar surface area (TPSA) is 44.4 Å². The number of nitrogens with one attached hydrogen (secondary N) is 2. The molecule has 4 nitrogen and oxygen atoms in total. The van der Waals surface area contributed by atoms with Gasteiger partial charge in [-0.05, 0) is 68.7 Å². The molecule has 2 aromatic carbocycles. The zero-order chi connectivity index (χ0) is 18.5. The third-order valence-corrected chi connectivity index (χ3v) is 5.10. The fourth-order valence-corrected chi connectivity index (χ4v) is 3.52. The average molecular weight is 392 g/mol. The minimum atomic E-state index is -0.400. The largest absolute Gasteiger partial charge is 0.374 e. The molecule has 1 amide bonds. The first-order valence-electron chi connectivity index (χ1n) is 8.90. The fourth-order valence-electron chi connectivity index (χ4n) is 3.07. The van der Waals surface area contributed by atoms with E-state index in [4.69, 9.17) is 23.2 Å². The van der Waals surface area contributed by atoms with E-state index >= 15 is 0 Å². The predicted octanol–water partition coefficient (Wildman–Crippen LogP) is 5.42. The molecule has 1 heterocycles. The number of rotatable bonds is 5. The lowest BCUT2D eigenvalue weighted by Crippen LogP contribution is -2.32. The number of amides is 1. The normalized spacial score (nSPS) is 15.4. The van der Waals surface area contributed by atoms with Gasteiger partial charge in [-0.25, -0.2) is 0 Å². The van der Waals surface area contributed by atoms with Crippen molar-refractivity contribution in [2.45, 2.75) is 32.2 Å². The second kappa shape index (κ2) is 8.65. The van der Waals surface area contributed by atoms with Crippen LogP contribution in [0.3, 0.4) is 0 Å². The number of nitrogens with zero attached hydrogens (tertiary/aromatic N) is 1. The molecular formula is C20H23Cl2N3O. The maximum Gasteiger partial charge on any atom is 0.246 e. The summed E-state index contributed by atoms with van der Waals surface area (Å²) < 4.78 is 0. The number of hydrogen-bond donors (Lipinski definition) is 2. The Hall–Kier alpha value is -1.91. The molecule has 1 unspecified atom stereocenters. The van der Waals surface area contributed by atoms with Crippen LogP contribution in [0, 0.1) is 0 Å². The molecule has 6 heteroatoms. The number of carbonyl (C=O) groups is 1. The van der Waals surface area contributed by atoms with Gasteiger partial charge in [-0.15, -0.1) is 0 Å². The van der Waals surface area contributed by atoms with E-state index in [0.29, 0.717) is 15.7 Å². The molecule has 1 atom stereocenters. The molecule has 0 radical (unpaired) electrons. The Kier molecular flexibility index (Phi) is 6.28. The molecule has 26 heavy (non-hydrogen) atoms. The highest BCUT2D eigenvalue weighted by Gasteiger charge is 2.15. The first kappa shape index (κ1) is 18.9. The van der Waals surface area contributed by atoms with Crippen LogP contribution in [0.25, 0.3) is 0 Å². The van der Waals surface area contributed by atoms with Crippen LogP contribution in [0.5, 0.6) is 0 Å². The van der Waals surface area contributed by atoms with Crippen LogP contribution in [-0.2, 0) is 4.79 Å². The van der Waals surface area contributed by atoms with Crippen molar-refractivity contribution in [3.05, 3.63) is 52.5 Å². The van der Waals surface area contributed by atoms with Crippen molar-refractivity contribution < 1.29 is 4.79 Å². The van der Waals surface area contributed by atoms with Crippen molar-refractivity contribution in [2.75, 3.05) is 28.6 Å². The molecule has 1 saturated heterocycles. The average Bonchev–Trinajstić information content (AvgIpc) is 2.65. The molecule has 0 saturated carbocycles. The smallest absolute Gasteiger partial charge is 0.246 e. The molecule has 1 fully saturated rings. The van der Waals surface area contributed by atoms with E-state index in [1.165, 1.54) is 24.9 Å². The van der Waals surface area contributed by atoms with Gasteiger partial charge in [-0.1, -0.05) is 23.2 Å². The Balaban J connectivity index is 1.58. The van der Waals surface area contributed by atoms with Crippen LogP contribution in [0.4, 0.5) is 17.1 Å². The predicted molar refractivity (Wildman–Crippen MR) is 111 cm³/mol. The van der Waals surface area contributed by atoms with Gasteiger partial charge < -0.3 is 15.5 Å². The molecule has 138 valence electrons. The van der Waals surface area contributed by atoms with Gasteiger partial charge in [0.25, 0.3) is 0 Å². The monoisotopic (exact) mass is 391 g/mol. The van der Waals surface area contributed by atoms with E-state index in [-0.39, 0.29) is 5.91 Å². The number of carbonyl (C=O) groups excluding carboxylic acids is 1. The number of benzene rings is 2. The van der Waals surface area contributed by atoms with Gasteiger partial charge in [-0.2, -0.15) is 0 Å². The lowest BCUT2D eigenvalue weighted by Gasteiger charge is -2.29. The highest BCUT2D eigenvalue weighted by Crippen LogP contribution is 2.26. The number of hydrogen-bond acceptors (Lipinski definition) is 3. The molecule has 0 aromatic heterocycles. The van der Waals surface area contributed by atoms with E-state index in [0.717, 1.165) is 18.8 Å². The molecule has 0 spiro atoms. The Morgan fingerprint density at radius 1 is 1.04 bits per heavy atom. The van der Waals surface area contributed by atoms with Gasteiger partial charge in [0.1, 0.15) is 6.04 Å². The Bertz CT molecular complexity index is 758. The summed E-state index contributed by atoms with van der Waals surface area (Å²) in [6, 6.07) is 12.8. The maximum atomic E-state index is 12.4. The molecule has 3 rings (SSSR count). The molecule has 1 aliphatic rings. The highest BCUT2D eigenvalue weighted by atomic mass is 35.5. The van der Waals surface area contributed by atoms with Crippen molar-refractivity contribution in [1.29, 1.82) is 0 Å². The van der Waals surface area contributed by atoms with Crippen molar-refractivity contribution in [2.24, 2.45) is 0 Å². The van der Waals surface area contributed by atoms with Crippen LogP contribution < -0.4 is 15.5 Å². The van der Waals surface area contributed by atoms with Gasteiger partial charge >= 0.3 is 0 Å². The van der Waals surface area contributed by atoms with Crippen LogP contribution in [0.1, 0.15) is 26.2 Å². The van der Waals surface area contributed by atoms with E-state index in [2.05, 4.69) is 27.7 Å². The molecule has 0 aliphatic carbocycles. The molecular weight excluding hydrogens is 369 g/mol. The Labute approximate surface area is 164 Å². The van der Waals surface area contributed by atoms with Crippen molar-refractivity contribution >= 4 is 46.2 Å². The Morgan fingerprint density at radius 3 is 2.38 bits per heavy atom. The quantitative estimate of drug-likeness (QED) is 0.714. The summed E-state index contributed by atoms with van der Waals surface area (Å²) in [7, 11) is 0. The molecule has 2 aromatic rings. The third kappa shape index (κ3) is 4.83. The van der Waals surface area contributed by atoms with Crippen molar-refractivity contribution in [1.82, 2.24) is 0 Å². The minimum absolute atomic E-state index is 0.158. The highest BCUT2D eigenvalue weighted by molar-refractivity contribution is 6.36. The second-order valence-electron chi connectivity index (χ2n) is 6.57. The van der Waals surface area contributed by atoms with Gasteiger partial charge in [0.15, 0.2) is 0 Å². The standard InChI is InChI=1S/C20H23Cl2N3O/c1-14(20(26)24-19-10-5-15(21)13-18(19)22)23-16-6-8-17(9-7-16)25-11-3-2-4-12-25/h5-10,13-14,23H,2-4,11-12H2,1H3,(H,24,26). The van der Waals surface area contributed by atoms with E-state index in [1.54, 1.807) is 18.2 Å². The number of anilines is 3. The minimum Gasteiger partial charge on any atom is -0.374 e. The Morgan fingerprint density at radius 2 is 1.73 bits per heavy atom. The fraction of sp³-hybridized carbons (Fsp3) is 0.350. The first-order chi connectivity index (χ1) is 12.5. The van der Waals surface area contributed by atoms with Gasteiger partial charge in [-0.3, -0.25) is 4.79 Å². The van der Waals surface area contributed by atoms with E-state index < -0.39 is 6.04 Å². The summed E-state index contributed by atoms with van der Waals surface area (Å²) in [5, 5.41) is 7.00. The van der Waals surface area contributed by atoms with Crippen LogP contribution >= 0.6 is 23.2 Å². The number of halogens is 2. The van der Waals surface area contributed by atoms with Gasteiger partial charge in [0, 0.05) is 29.5 Å². The first-order valence-corrected chi connectivity index (χ1v) is 9.66. The zero-order valence-electron chi connectivity index (χ0n) is 14.8. The summed E-state index contributed by atoms with van der Waals surface area (Å²) in [4.78, 5) is 14.8.